The second-order valence-corrected chi connectivity index (χ2v) is 9.95. The Bertz CT molecular complexity index is 736. The fourth-order valence-electron chi connectivity index (χ4n) is 3.60. The van der Waals surface area contributed by atoms with E-state index in [0.29, 0.717) is 16.5 Å². The average Bonchev–Trinajstić information content (AvgIpc) is 2.91. The summed E-state index contributed by atoms with van der Waals surface area (Å²) in [7, 11) is -0.264. The van der Waals surface area contributed by atoms with E-state index in [4.69, 9.17) is 16.3 Å². The lowest BCUT2D eigenvalue weighted by atomic mass is 9.86. The molecule has 0 saturated carbocycles. The summed E-state index contributed by atoms with van der Waals surface area (Å²) >= 11 is 6.33. The van der Waals surface area contributed by atoms with E-state index >= 15 is 0 Å². The Labute approximate surface area is 161 Å². The lowest BCUT2D eigenvalue weighted by molar-refractivity contribution is -0.122. The molecule has 4 atom stereocenters. The summed E-state index contributed by atoms with van der Waals surface area (Å²) in [5, 5.41) is 0.503. The van der Waals surface area contributed by atoms with Crippen LogP contribution < -0.4 is 9.64 Å². The van der Waals surface area contributed by atoms with Gasteiger partial charge in [-0.2, -0.15) is 0 Å². The Morgan fingerprint density at radius 3 is 2.73 bits per heavy atom. The summed E-state index contributed by atoms with van der Waals surface area (Å²) < 4.78 is 6.17. The molecule has 1 saturated heterocycles. The molecule has 26 heavy (non-hydrogen) atoms. The molecule has 2 aliphatic rings. The van der Waals surface area contributed by atoms with Gasteiger partial charge in [0.25, 0.3) is 0 Å². The van der Waals surface area contributed by atoms with Crippen LogP contribution in [-0.2, 0) is 9.59 Å². The number of nitrogens with zero attached hydrogens (tertiary/aromatic N) is 1. The van der Waals surface area contributed by atoms with Crippen LogP contribution in [0.4, 0.5) is 5.69 Å². The van der Waals surface area contributed by atoms with Crippen molar-refractivity contribution in [3.8, 4) is 5.75 Å². The predicted octanol–water partition coefficient (Wildman–Crippen LogP) is 5.04. The molecular weight excluding hydrogens is 369 g/mol. The second kappa shape index (κ2) is 8.10. The first kappa shape index (κ1) is 19.4. The monoisotopic (exact) mass is 393 g/mol. The molecule has 4 nitrogen and oxygen atoms in total. The molecule has 0 spiro atoms. The van der Waals surface area contributed by atoms with E-state index < -0.39 is 0 Å². The van der Waals surface area contributed by atoms with Crippen LogP contribution >= 0.6 is 19.5 Å². The third kappa shape index (κ3) is 3.54. The van der Waals surface area contributed by atoms with E-state index in [9.17, 15) is 9.59 Å². The van der Waals surface area contributed by atoms with E-state index in [1.54, 1.807) is 18.2 Å². The Morgan fingerprint density at radius 2 is 2.08 bits per heavy atom. The minimum atomic E-state index is -0.330. The number of ether oxygens (including phenoxy) is 1. The maximum atomic E-state index is 12.8. The van der Waals surface area contributed by atoms with Gasteiger partial charge in [-0.1, -0.05) is 45.5 Å². The van der Waals surface area contributed by atoms with Crippen LogP contribution in [0.3, 0.4) is 0 Å². The van der Waals surface area contributed by atoms with Crippen molar-refractivity contribution in [1.82, 2.24) is 0 Å². The van der Waals surface area contributed by atoms with Gasteiger partial charge in [-0.05, 0) is 44.2 Å². The van der Waals surface area contributed by atoms with Crippen molar-refractivity contribution in [2.75, 3.05) is 17.7 Å². The van der Waals surface area contributed by atoms with Gasteiger partial charge in [0.15, 0.2) is 0 Å². The maximum Gasteiger partial charge on any atom is 0.241 e. The first-order valence-electron chi connectivity index (χ1n) is 9.18. The van der Waals surface area contributed by atoms with Crippen LogP contribution in [0.15, 0.2) is 30.4 Å². The molecule has 0 aromatic heterocycles. The molecule has 1 aromatic carbocycles. The number of anilines is 1. The molecule has 1 heterocycles. The summed E-state index contributed by atoms with van der Waals surface area (Å²) in [6.45, 7) is 6.47. The molecule has 1 fully saturated rings. The number of carbonyl (C=O) groups excluding carboxylic acids is 2. The fraction of sp³-hybridized carbons (Fsp3) is 0.500. The highest BCUT2D eigenvalue weighted by Crippen LogP contribution is 2.43. The normalized spacial score (nSPS) is 24.5. The highest BCUT2D eigenvalue weighted by molar-refractivity contribution is 7.57. The zero-order valence-electron chi connectivity index (χ0n) is 15.4. The van der Waals surface area contributed by atoms with Crippen molar-refractivity contribution in [2.24, 2.45) is 11.8 Å². The molecular formula is C20H25ClNO3P. The van der Waals surface area contributed by atoms with Gasteiger partial charge >= 0.3 is 0 Å². The van der Waals surface area contributed by atoms with Crippen LogP contribution in [0.2, 0.25) is 5.02 Å². The summed E-state index contributed by atoms with van der Waals surface area (Å²) in [5.74, 6) is -0.177. The lowest BCUT2D eigenvalue weighted by Gasteiger charge is -2.25. The molecule has 1 aliphatic heterocycles. The Hall–Kier alpha value is -1.38. The number of rotatable bonds is 6. The molecule has 0 bridgehead atoms. The Balaban J connectivity index is 1.89. The third-order valence-corrected chi connectivity index (χ3v) is 8.00. The number of imide groups is 1. The van der Waals surface area contributed by atoms with Crippen LogP contribution in [0.1, 0.15) is 33.1 Å². The zero-order valence-corrected chi connectivity index (χ0v) is 17.1. The highest BCUT2D eigenvalue weighted by Gasteiger charge is 2.47. The topological polar surface area (TPSA) is 46.6 Å². The number of carbonyl (C=O) groups is 2. The SMILES string of the molecule is CCC(Oc1cc(N2C(=O)C3C=CCCC3C2=O)ccc1Cl)P(C)CC. The van der Waals surface area contributed by atoms with Gasteiger partial charge in [-0.3, -0.25) is 9.59 Å². The van der Waals surface area contributed by atoms with E-state index in [1.165, 1.54) is 4.90 Å². The van der Waals surface area contributed by atoms with Crippen LogP contribution in [0.5, 0.6) is 5.75 Å². The molecule has 3 rings (SSSR count). The standard InChI is InChI=1S/C20H25ClNO3P/c1-4-18(26(3)5-2)25-17-12-13(10-11-16(17)21)22-19(23)14-8-6-7-9-15(14)20(22)24/h6,8,10-12,14-15,18H,4-5,7,9H2,1-3H3. The first-order chi connectivity index (χ1) is 12.5. The number of halogens is 1. The molecule has 0 N–H and O–H groups in total. The third-order valence-electron chi connectivity index (χ3n) is 5.24. The second-order valence-electron chi connectivity index (χ2n) is 6.82. The van der Waals surface area contributed by atoms with Crippen LogP contribution in [0.25, 0.3) is 0 Å². The van der Waals surface area contributed by atoms with Gasteiger partial charge < -0.3 is 4.74 Å². The average molecular weight is 394 g/mol. The summed E-state index contributed by atoms with van der Waals surface area (Å²) in [5.41, 5.74) is 0.550. The minimum absolute atomic E-state index is 0.109. The van der Waals surface area contributed by atoms with E-state index in [0.717, 1.165) is 25.4 Å². The highest BCUT2D eigenvalue weighted by atomic mass is 35.5. The van der Waals surface area contributed by atoms with Gasteiger partial charge in [0, 0.05) is 6.07 Å². The van der Waals surface area contributed by atoms with E-state index in [2.05, 4.69) is 20.5 Å². The van der Waals surface area contributed by atoms with Gasteiger partial charge in [0.05, 0.1) is 22.5 Å². The number of amides is 2. The van der Waals surface area contributed by atoms with E-state index in [1.807, 2.05) is 12.2 Å². The first-order valence-corrected chi connectivity index (χ1v) is 11.6. The summed E-state index contributed by atoms with van der Waals surface area (Å²) in [6.07, 6.45) is 7.41. The van der Waals surface area contributed by atoms with Crippen LogP contribution in [0, 0.1) is 11.8 Å². The molecule has 1 aliphatic carbocycles. The zero-order chi connectivity index (χ0) is 18.8. The number of fused-ring (bicyclic) bond motifs is 1. The smallest absolute Gasteiger partial charge is 0.241 e. The maximum absolute atomic E-state index is 12.8. The number of hydrogen-bond donors (Lipinski definition) is 0. The molecule has 1 aromatic rings. The van der Waals surface area contributed by atoms with Crippen LogP contribution in [-0.4, -0.2) is 30.5 Å². The van der Waals surface area contributed by atoms with Gasteiger partial charge in [-0.25, -0.2) is 4.90 Å². The largest absolute Gasteiger partial charge is 0.484 e. The van der Waals surface area contributed by atoms with Gasteiger partial charge in [0.1, 0.15) is 11.6 Å². The number of allylic oxidation sites excluding steroid dienone is 1. The fourth-order valence-corrected chi connectivity index (χ4v) is 5.08. The van der Waals surface area contributed by atoms with Gasteiger partial charge in [0.2, 0.25) is 11.8 Å². The Kier molecular flexibility index (Phi) is 6.04. The lowest BCUT2D eigenvalue weighted by Crippen LogP contribution is -2.30. The quantitative estimate of drug-likeness (QED) is 0.386. The van der Waals surface area contributed by atoms with E-state index in [-0.39, 0.29) is 37.4 Å². The van der Waals surface area contributed by atoms with Crippen molar-refractivity contribution in [3.63, 3.8) is 0 Å². The number of hydrogen-bond acceptors (Lipinski definition) is 3. The summed E-state index contributed by atoms with van der Waals surface area (Å²) in [6, 6.07) is 5.17. The molecule has 140 valence electrons. The number of benzene rings is 1. The van der Waals surface area contributed by atoms with Crippen molar-refractivity contribution in [3.05, 3.63) is 35.4 Å². The molecule has 4 unspecified atom stereocenters. The predicted molar refractivity (Wildman–Crippen MR) is 107 cm³/mol. The summed E-state index contributed by atoms with van der Waals surface area (Å²) in [4.78, 5) is 26.9. The minimum Gasteiger partial charge on any atom is -0.484 e. The molecule has 2 amide bonds. The molecule has 6 heteroatoms. The van der Waals surface area contributed by atoms with Crippen molar-refractivity contribution < 1.29 is 14.3 Å². The Morgan fingerprint density at radius 1 is 1.31 bits per heavy atom. The van der Waals surface area contributed by atoms with Gasteiger partial charge in [-0.15, -0.1) is 0 Å². The van der Waals surface area contributed by atoms with Crippen molar-refractivity contribution in [2.45, 2.75) is 39.0 Å². The molecule has 0 radical (unpaired) electrons. The van der Waals surface area contributed by atoms with Crippen molar-refractivity contribution >= 4 is 37.0 Å². The van der Waals surface area contributed by atoms with Crippen molar-refractivity contribution in [1.29, 1.82) is 0 Å².